The van der Waals surface area contributed by atoms with Gasteiger partial charge in [-0.15, -0.1) is 12.4 Å². The highest BCUT2D eigenvalue weighted by Crippen LogP contribution is 2.29. The normalized spacial score (nSPS) is 20.3. The number of hydrogen-bond acceptors (Lipinski definition) is 5. The highest BCUT2D eigenvalue weighted by Gasteiger charge is 2.22. The van der Waals surface area contributed by atoms with E-state index in [0.29, 0.717) is 18.7 Å². The molecule has 1 aromatic carbocycles. The molecule has 0 aliphatic carbocycles. The molecule has 0 amide bonds. The lowest BCUT2D eigenvalue weighted by Crippen LogP contribution is -2.53. The van der Waals surface area contributed by atoms with Crippen LogP contribution in [0.3, 0.4) is 0 Å². The first-order chi connectivity index (χ1) is 12.2. The van der Waals surface area contributed by atoms with Crippen molar-refractivity contribution in [3.8, 4) is 11.5 Å². The molecule has 1 saturated heterocycles. The summed E-state index contributed by atoms with van der Waals surface area (Å²) in [7, 11) is 1.69. The molecule has 3 rings (SSSR count). The van der Waals surface area contributed by atoms with Crippen molar-refractivity contribution in [2.24, 2.45) is 0 Å². The molecule has 6 heteroatoms. The molecule has 0 saturated carbocycles. The summed E-state index contributed by atoms with van der Waals surface area (Å²) < 4.78 is 11.5. The van der Waals surface area contributed by atoms with Crippen LogP contribution in [0.2, 0.25) is 0 Å². The number of hydrogen-bond donors (Lipinski definition) is 1. The highest BCUT2D eigenvalue weighted by molar-refractivity contribution is 5.85. The van der Waals surface area contributed by atoms with Gasteiger partial charge in [0.2, 0.25) is 0 Å². The Kier molecular flexibility index (Phi) is 7.69. The molecule has 1 aliphatic rings. The molecule has 5 nitrogen and oxygen atoms in total. The molecule has 26 heavy (non-hydrogen) atoms. The molecule has 1 fully saturated rings. The van der Waals surface area contributed by atoms with Gasteiger partial charge in [0.15, 0.2) is 11.5 Å². The van der Waals surface area contributed by atoms with E-state index in [1.165, 1.54) is 5.56 Å². The lowest BCUT2D eigenvalue weighted by molar-refractivity contribution is 0.138. The fraction of sp³-hybridized carbons (Fsp3) is 0.450. The molecular weight excluding hydrogens is 350 g/mol. The minimum absolute atomic E-state index is 0. The van der Waals surface area contributed by atoms with Crippen LogP contribution < -0.4 is 14.8 Å². The third-order valence-corrected chi connectivity index (χ3v) is 4.65. The first kappa shape index (κ1) is 20.5. The molecule has 0 spiro atoms. The summed E-state index contributed by atoms with van der Waals surface area (Å²) in [6.45, 7) is 8.02. The molecule has 142 valence electrons. The fourth-order valence-electron chi connectivity index (χ4n) is 3.12. The number of rotatable bonds is 6. The summed E-state index contributed by atoms with van der Waals surface area (Å²) in [5, 5.41) is 3.52. The zero-order chi connectivity index (χ0) is 17.6. The van der Waals surface area contributed by atoms with Gasteiger partial charge in [-0.2, -0.15) is 0 Å². The summed E-state index contributed by atoms with van der Waals surface area (Å²) in [5.74, 6) is 1.55. The van der Waals surface area contributed by atoms with Crippen molar-refractivity contribution in [3.05, 3.63) is 53.9 Å². The average molecular weight is 378 g/mol. The van der Waals surface area contributed by atoms with Gasteiger partial charge in [-0.05, 0) is 49.2 Å². The number of nitrogens with one attached hydrogen (secondary N) is 1. The third kappa shape index (κ3) is 5.34. The van der Waals surface area contributed by atoms with Crippen LogP contribution in [0.25, 0.3) is 0 Å². The second-order valence-corrected chi connectivity index (χ2v) is 6.72. The summed E-state index contributed by atoms with van der Waals surface area (Å²) in [6.07, 6.45) is 3.54. The Hall–Kier alpha value is -1.82. The van der Waals surface area contributed by atoms with Crippen molar-refractivity contribution in [1.29, 1.82) is 0 Å². The quantitative estimate of drug-likeness (QED) is 0.837. The zero-order valence-electron chi connectivity index (χ0n) is 15.6. The topological polar surface area (TPSA) is 46.6 Å². The number of nitrogens with zero attached hydrogens (tertiary/aromatic N) is 2. The predicted octanol–water partition coefficient (Wildman–Crippen LogP) is 3.27. The van der Waals surface area contributed by atoms with Crippen molar-refractivity contribution < 1.29 is 9.47 Å². The van der Waals surface area contributed by atoms with E-state index in [-0.39, 0.29) is 12.4 Å². The van der Waals surface area contributed by atoms with Crippen LogP contribution in [0.15, 0.2) is 42.7 Å². The Balaban J connectivity index is 0.00000243. The van der Waals surface area contributed by atoms with E-state index in [9.17, 15) is 0 Å². The minimum atomic E-state index is 0. The molecule has 2 aromatic rings. The van der Waals surface area contributed by atoms with E-state index in [4.69, 9.17) is 9.47 Å². The Morgan fingerprint density at radius 1 is 1.12 bits per heavy atom. The Bertz CT molecular complexity index is 684. The van der Waals surface area contributed by atoms with Gasteiger partial charge >= 0.3 is 0 Å². The number of ether oxygens (including phenoxy) is 2. The number of halogens is 1. The summed E-state index contributed by atoms with van der Waals surface area (Å²) in [4.78, 5) is 6.53. The van der Waals surface area contributed by atoms with E-state index in [1.807, 2.05) is 18.2 Å². The zero-order valence-corrected chi connectivity index (χ0v) is 16.5. The maximum Gasteiger partial charge on any atom is 0.161 e. The molecule has 2 atom stereocenters. The average Bonchev–Trinajstić information content (AvgIpc) is 2.64. The van der Waals surface area contributed by atoms with Gasteiger partial charge in [0, 0.05) is 44.1 Å². The molecule has 1 aromatic heterocycles. The number of piperazine rings is 1. The van der Waals surface area contributed by atoms with E-state index in [2.05, 4.69) is 41.2 Å². The number of methoxy groups -OCH3 is 1. The van der Waals surface area contributed by atoms with Crippen LogP contribution in [0, 0.1) is 0 Å². The molecule has 2 unspecified atom stereocenters. The maximum atomic E-state index is 5.92. The highest BCUT2D eigenvalue weighted by atomic mass is 35.5. The van der Waals surface area contributed by atoms with Crippen molar-refractivity contribution in [2.45, 2.75) is 39.1 Å². The lowest BCUT2D eigenvalue weighted by Gasteiger charge is -2.37. The second-order valence-electron chi connectivity index (χ2n) is 6.72. The van der Waals surface area contributed by atoms with E-state index in [0.717, 1.165) is 36.7 Å². The van der Waals surface area contributed by atoms with Gasteiger partial charge in [-0.25, -0.2) is 0 Å². The Morgan fingerprint density at radius 2 is 1.88 bits per heavy atom. The van der Waals surface area contributed by atoms with Gasteiger partial charge < -0.3 is 14.8 Å². The lowest BCUT2D eigenvalue weighted by atomic mass is 10.1. The standard InChI is InChI=1S/C20H27N3O2.ClH/c1-15-12-23(16(2)11-22-15)13-18-4-5-19(20(10-18)24-3)25-14-17-6-8-21-9-7-17;/h4-10,15-16,22H,11-14H2,1-3H3;1H. The van der Waals surface area contributed by atoms with E-state index >= 15 is 0 Å². The smallest absolute Gasteiger partial charge is 0.161 e. The fourth-order valence-corrected chi connectivity index (χ4v) is 3.12. The molecule has 1 aliphatic heterocycles. The molecule has 0 bridgehead atoms. The Morgan fingerprint density at radius 3 is 2.62 bits per heavy atom. The van der Waals surface area contributed by atoms with Crippen molar-refractivity contribution >= 4 is 12.4 Å². The molecule has 1 N–H and O–H groups in total. The third-order valence-electron chi connectivity index (χ3n) is 4.65. The number of benzene rings is 1. The van der Waals surface area contributed by atoms with Gasteiger partial charge in [0.05, 0.1) is 7.11 Å². The van der Waals surface area contributed by atoms with Crippen LogP contribution in [-0.4, -0.2) is 42.2 Å². The van der Waals surface area contributed by atoms with Gasteiger partial charge in [-0.3, -0.25) is 9.88 Å². The number of aromatic nitrogens is 1. The van der Waals surface area contributed by atoms with Crippen molar-refractivity contribution in [1.82, 2.24) is 15.2 Å². The monoisotopic (exact) mass is 377 g/mol. The summed E-state index contributed by atoms with van der Waals surface area (Å²) >= 11 is 0. The van der Waals surface area contributed by atoms with Crippen LogP contribution >= 0.6 is 12.4 Å². The van der Waals surface area contributed by atoms with Gasteiger partial charge in [-0.1, -0.05) is 6.07 Å². The van der Waals surface area contributed by atoms with Crippen LogP contribution in [0.1, 0.15) is 25.0 Å². The minimum Gasteiger partial charge on any atom is -0.493 e. The van der Waals surface area contributed by atoms with Crippen molar-refractivity contribution in [3.63, 3.8) is 0 Å². The first-order valence-electron chi connectivity index (χ1n) is 8.81. The van der Waals surface area contributed by atoms with Crippen LogP contribution in [-0.2, 0) is 13.2 Å². The van der Waals surface area contributed by atoms with Crippen LogP contribution in [0.4, 0.5) is 0 Å². The second kappa shape index (κ2) is 9.76. The predicted molar refractivity (Wildman–Crippen MR) is 106 cm³/mol. The number of pyridine rings is 1. The molecular formula is C20H28ClN3O2. The van der Waals surface area contributed by atoms with Gasteiger partial charge in [0.1, 0.15) is 6.61 Å². The van der Waals surface area contributed by atoms with E-state index < -0.39 is 0 Å². The largest absolute Gasteiger partial charge is 0.493 e. The molecule has 0 radical (unpaired) electrons. The van der Waals surface area contributed by atoms with E-state index in [1.54, 1.807) is 19.5 Å². The summed E-state index contributed by atoms with van der Waals surface area (Å²) in [6, 6.07) is 11.2. The first-order valence-corrected chi connectivity index (χ1v) is 8.81. The van der Waals surface area contributed by atoms with Crippen molar-refractivity contribution in [2.75, 3.05) is 20.2 Å². The van der Waals surface area contributed by atoms with Crippen LogP contribution in [0.5, 0.6) is 11.5 Å². The summed E-state index contributed by atoms with van der Waals surface area (Å²) in [5.41, 5.74) is 2.33. The van der Waals surface area contributed by atoms with Gasteiger partial charge in [0.25, 0.3) is 0 Å². The Labute approximate surface area is 162 Å². The SMILES string of the molecule is COc1cc(CN2CC(C)NCC2C)ccc1OCc1ccncc1.Cl. The molecule has 2 heterocycles. The maximum absolute atomic E-state index is 5.92.